The summed E-state index contributed by atoms with van der Waals surface area (Å²) in [4.78, 5) is 6.73. The largest absolute Gasteiger partial charge is 0.490 e. The summed E-state index contributed by atoms with van der Waals surface area (Å²) in [5.74, 6) is 3.22. The molecule has 26 heavy (non-hydrogen) atoms. The Morgan fingerprint density at radius 1 is 1.19 bits per heavy atom. The van der Waals surface area contributed by atoms with E-state index < -0.39 is 0 Å². The first-order valence-corrected chi connectivity index (χ1v) is 9.30. The zero-order chi connectivity index (χ0) is 17.5. The van der Waals surface area contributed by atoms with Crippen molar-refractivity contribution in [1.82, 2.24) is 10.2 Å². The summed E-state index contributed by atoms with van der Waals surface area (Å²) in [7, 11) is 4.00. The van der Waals surface area contributed by atoms with E-state index in [1.54, 1.807) is 7.05 Å². The highest BCUT2D eigenvalue weighted by atomic mass is 127. The average Bonchev–Trinajstić information content (AvgIpc) is 2.87. The summed E-state index contributed by atoms with van der Waals surface area (Å²) >= 11 is 0. The number of halogens is 1. The molecule has 2 aliphatic heterocycles. The molecule has 0 bridgehead atoms. The first-order chi connectivity index (χ1) is 12.2. The molecule has 1 aromatic carbocycles. The number of benzene rings is 1. The van der Waals surface area contributed by atoms with E-state index in [1.807, 2.05) is 18.2 Å². The Morgan fingerprint density at radius 3 is 2.65 bits per heavy atom. The molecule has 3 rings (SSSR count). The van der Waals surface area contributed by atoms with Crippen molar-refractivity contribution in [2.24, 2.45) is 10.9 Å². The number of rotatable bonds is 4. The van der Waals surface area contributed by atoms with Crippen LogP contribution in [-0.4, -0.2) is 57.8 Å². The smallest absolute Gasteiger partial charge is 0.195 e. The Kier molecular flexibility index (Phi) is 8.77. The number of piperidine rings is 1. The summed E-state index contributed by atoms with van der Waals surface area (Å²) in [5, 5.41) is 6.76. The number of guanidine groups is 1. The number of nitrogens with one attached hydrogen (secondary N) is 2. The Bertz CT molecular complexity index is 589. The van der Waals surface area contributed by atoms with Crippen molar-refractivity contribution in [3.8, 4) is 11.5 Å². The van der Waals surface area contributed by atoms with Gasteiger partial charge in [0.1, 0.15) is 0 Å². The Balaban J connectivity index is 0.00000243. The molecule has 2 heterocycles. The van der Waals surface area contributed by atoms with Gasteiger partial charge in [-0.2, -0.15) is 0 Å². The van der Waals surface area contributed by atoms with Crippen LogP contribution < -0.4 is 20.1 Å². The van der Waals surface area contributed by atoms with E-state index >= 15 is 0 Å². The highest BCUT2D eigenvalue weighted by Crippen LogP contribution is 2.32. The van der Waals surface area contributed by atoms with Crippen molar-refractivity contribution in [2.75, 3.05) is 52.3 Å². The van der Waals surface area contributed by atoms with Crippen molar-refractivity contribution >= 4 is 35.6 Å². The Hall–Kier alpha value is -1.22. The van der Waals surface area contributed by atoms with Gasteiger partial charge in [-0.3, -0.25) is 4.99 Å². The van der Waals surface area contributed by atoms with Crippen molar-refractivity contribution in [1.29, 1.82) is 0 Å². The number of aliphatic imine (C=N–C) groups is 1. The van der Waals surface area contributed by atoms with Crippen LogP contribution in [0.4, 0.5) is 5.69 Å². The number of hydrogen-bond acceptors (Lipinski definition) is 4. The molecule has 0 atom stereocenters. The van der Waals surface area contributed by atoms with Gasteiger partial charge in [-0.15, -0.1) is 24.0 Å². The molecule has 2 N–H and O–H groups in total. The topological polar surface area (TPSA) is 58.1 Å². The van der Waals surface area contributed by atoms with Crippen LogP contribution in [0.3, 0.4) is 0 Å². The highest BCUT2D eigenvalue weighted by Gasteiger charge is 2.16. The quantitative estimate of drug-likeness (QED) is 0.399. The summed E-state index contributed by atoms with van der Waals surface area (Å²) in [6.45, 7) is 4.78. The molecule has 7 heteroatoms. The molecule has 2 aliphatic rings. The fourth-order valence-electron chi connectivity index (χ4n) is 3.30. The van der Waals surface area contributed by atoms with E-state index in [1.165, 1.54) is 32.4 Å². The first kappa shape index (κ1) is 21.1. The predicted octanol–water partition coefficient (Wildman–Crippen LogP) is 3.19. The number of ether oxygens (including phenoxy) is 2. The van der Waals surface area contributed by atoms with Gasteiger partial charge in [0.05, 0.1) is 13.2 Å². The van der Waals surface area contributed by atoms with Crippen molar-refractivity contribution in [2.45, 2.75) is 25.7 Å². The van der Waals surface area contributed by atoms with Crippen LogP contribution in [0.2, 0.25) is 0 Å². The molecular formula is C19H31IN4O2. The van der Waals surface area contributed by atoms with E-state index in [0.717, 1.165) is 42.0 Å². The van der Waals surface area contributed by atoms with E-state index in [0.29, 0.717) is 13.2 Å². The van der Waals surface area contributed by atoms with Crippen molar-refractivity contribution in [3.05, 3.63) is 18.2 Å². The molecule has 0 radical (unpaired) electrons. The van der Waals surface area contributed by atoms with Gasteiger partial charge >= 0.3 is 0 Å². The molecule has 1 saturated heterocycles. The minimum Gasteiger partial charge on any atom is -0.490 e. The zero-order valence-electron chi connectivity index (χ0n) is 15.8. The number of hydrogen-bond donors (Lipinski definition) is 2. The number of nitrogens with zero attached hydrogens (tertiary/aromatic N) is 2. The summed E-state index contributed by atoms with van der Waals surface area (Å²) < 4.78 is 11.4. The lowest BCUT2D eigenvalue weighted by atomic mass is 9.94. The second kappa shape index (κ2) is 10.8. The van der Waals surface area contributed by atoms with Crippen LogP contribution >= 0.6 is 24.0 Å². The molecule has 0 spiro atoms. The van der Waals surface area contributed by atoms with Gasteiger partial charge in [-0.05, 0) is 57.5 Å². The molecule has 0 unspecified atom stereocenters. The maximum atomic E-state index is 5.74. The van der Waals surface area contributed by atoms with Crippen molar-refractivity contribution < 1.29 is 9.47 Å². The van der Waals surface area contributed by atoms with E-state index in [-0.39, 0.29) is 24.0 Å². The first-order valence-electron chi connectivity index (χ1n) is 9.30. The third kappa shape index (κ3) is 6.19. The minimum absolute atomic E-state index is 0. The predicted molar refractivity (Wildman–Crippen MR) is 117 cm³/mol. The molecular weight excluding hydrogens is 443 g/mol. The maximum absolute atomic E-state index is 5.74. The molecule has 1 fully saturated rings. The minimum atomic E-state index is 0. The summed E-state index contributed by atoms with van der Waals surface area (Å²) in [6.07, 6.45) is 4.70. The standard InChI is InChI=1S/C19H30N4O2.HI/c1-20-19(21-9-6-15-7-10-23(2)11-8-15)22-16-4-5-17-18(14-16)25-13-3-12-24-17;/h4-5,14-15H,3,6-13H2,1-2H3,(H2,20,21,22);1H. The van der Waals surface area contributed by atoms with Gasteiger partial charge in [0.25, 0.3) is 0 Å². The summed E-state index contributed by atoms with van der Waals surface area (Å²) in [6, 6.07) is 5.93. The molecule has 0 saturated carbocycles. The van der Waals surface area contributed by atoms with E-state index in [2.05, 4.69) is 27.6 Å². The molecule has 6 nitrogen and oxygen atoms in total. The van der Waals surface area contributed by atoms with E-state index in [4.69, 9.17) is 9.47 Å². The molecule has 0 amide bonds. The Morgan fingerprint density at radius 2 is 1.92 bits per heavy atom. The van der Waals surface area contributed by atoms with Gasteiger partial charge in [-0.25, -0.2) is 0 Å². The monoisotopic (exact) mass is 474 g/mol. The van der Waals surface area contributed by atoms with Crippen LogP contribution in [0, 0.1) is 5.92 Å². The van der Waals surface area contributed by atoms with Gasteiger partial charge in [0.2, 0.25) is 0 Å². The van der Waals surface area contributed by atoms with Crippen molar-refractivity contribution in [3.63, 3.8) is 0 Å². The third-order valence-electron chi connectivity index (χ3n) is 4.92. The highest BCUT2D eigenvalue weighted by molar-refractivity contribution is 14.0. The molecule has 1 aromatic rings. The van der Waals surface area contributed by atoms with Crippen LogP contribution in [0.1, 0.15) is 25.7 Å². The van der Waals surface area contributed by atoms with Crippen LogP contribution in [0.15, 0.2) is 23.2 Å². The normalized spacial score (nSPS) is 18.6. The average molecular weight is 474 g/mol. The fourth-order valence-corrected chi connectivity index (χ4v) is 3.30. The second-order valence-corrected chi connectivity index (χ2v) is 6.87. The number of fused-ring (bicyclic) bond motifs is 1. The van der Waals surface area contributed by atoms with Crippen LogP contribution in [0.25, 0.3) is 0 Å². The third-order valence-corrected chi connectivity index (χ3v) is 4.92. The van der Waals surface area contributed by atoms with Gasteiger partial charge in [-0.1, -0.05) is 0 Å². The molecule has 0 aliphatic carbocycles. The lowest BCUT2D eigenvalue weighted by Gasteiger charge is -2.29. The maximum Gasteiger partial charge on any atom is 0.195 e. The number of anilines is 1. The summed E-state index contributed by atoms with van der Waals surface area (Å²) in [5.41, 5.74) is 0.955. The second-order valence-electron chi connectivity index (χ2n) is 6.87. The van der Waals surface area contributed by atoms with E-state index in [9.17, 15) is 0 Å². The van der Waals surface area contributed by atoms with Crippen LogP contribution in [0.5, 0.6) is 11.5 Å². The Labute approximate surface area is 173 Å². The lowest BCUT2D eigenvalue weighted by Crippen LogP contribution is -2.35. The van der Waals surface area contributed by atoms with Gasteiger partial charge in [0, 0.05) is 31.8 Å². The lowest BCUT2D eigenvalue weighted by molar-refractivity contribution is 0.213. The SMILES string of the molecule is CN=C(NCCC1CCN(C)CC1)Nc1ccc2c(c1)OCCCO2.I. The zero-order valence-corrected chi connectivity index (χ0v) is 18.1. The molecule has 146 valence electrons. The molecule has 0 aromatic heterocycles. The van der Waals surface area contributed by atoms with Gasteiger partial charge in [0.15, 0.2) is 17.5 Å². The van der Waals surface area contributed by atoms with Crippen LogP contribution in [-0.2, 0) is 0 Å². The number of likely N-dealkylation sites (tertiary alicyclic amines) is 1. The van der Waals surface area contributed by atoms with Gasteiger partial charge < -0.3 is 25.0 Å². The fraction of sp³-hybridized carbons (Fsp3) is 0.632.